The first-order chi connectivity index (χ1) is 19.8. The maximum Gasteiger partial charge on any atom is 0.333 e. The first-order valence-corrected chi connectivity index (χ1v) is 14.0. The number of aromatic nitrogens is 3. The van der Waals surface area contributed by atoms with Crippen LogP contribution in [0.1, 0.15) is 51.8 Å². The summed E-state index contributed by atoms with van der Waals surface area (Å²) in [5.41, 5.74) is -2.30. The summed E-state index contributed by atoms with van der Waals surface area (Å²) in [7, 11) is 1.45. The van der Waals surface area contributed by atoms with Gasteiger partial charge in [0, 0.05) is 5.56 Å². The average Bonchev–Trinajstić information content (AvgIpc) is 3.58. The molecular formula is C29H32FN5O6S. The van der Waals surface area contributed by atoms with Crippen LogP contribution in [0.25, 0.3) is 21.0 Å². The van der Waals surface area contributed by atoms with Crippen LogP contribution in [0.2, 0.25) is 0 Å². The number of halogens is 1. The number of rotatable bonds is 10. The van der Waals surface area contributed by atoms with E-state index in [9.17, 15) is 24.0 Å². The topological polar surface area (TPSA) is 141 Å². The molecule has 1 amide bonds. The number of thiophene rings is 1. The van der Waals surface area contributed by atoms with Crippen LogP contribution in [0.4, 0.5) is 4.39 Å². The zero-order valence-electron chi connectivity index (χ0n) is 24.4. The molecule has 4 rings (SSSR count). The van der Waals surface area contributed by atoms with Crippen LogP contribution >= 0.6 is 11.3 Å². The van der Waals surface area contributed by atoms with Crippen LogP contribution in [-0.4, -0.2) is 39.3 Å². The van der Waals surface area contributed by atoms with Gasteiger partial charge in [0.1, 0.15) is 40.3 Å². The molecule has 0 fully saturated rings. The maximum atomic E-state index is 14.5. The van der Waals surface area contributed by atoms with Gasteiger partial charge in [0.05, 0.1) is 42.3 Å². The molecule has 0 radical (unpaired) electrons. The molecule has 0 bridgehead atoms. The summed E-state index contributed by atoms with van der Waals surface area (Å²) in [5.74, 6) is -0.592. The van der Waals surface area contributed by atoms with Crippen molar-refractivity contribution < 1.29 is 23.1 Å². The summed E-state index contributed by atoms with van der Waals surface area (Å²) in [6, 6.07) is 5.07. The van der Waals surface area contributed by atoms with Crippen molar-refractivity contribution in [3.8, 4) is 22.6 Å². The highest BCUT2D eigenvalue weighted by Gasteiger charge is 2.37. The lowest BCUT2D eigenvalue weighted by Crippen LogP contribution is -2.56. The minimum Gasteiger partial charge on any atom is -0.496 e. The molecule has 11 nitrogen and oxygen atoms in total. The first kappa shape index (κ1) is 30.7. The molecule has 0 saturated heterocycles. The Morgan fingerprint density at radius 3 is 2.60 bits per heavy atom. The summed E-state index contributed by atoms with van der Waals surface area (Å²) >= 11 is 1.14. The second-order valence-corrected chi connectivity index (χ2v) is 11.5. The van der Waals surface area contributed by atoms with Crippen molar-refractivity contribution >= 4 is 27.5 Å². The number of oxazole rings is 1. The minimum absolute atomic E-state index is 0.148. The largest absolute Gasteiger partial charge is 0.496 e. The van der Waals surface area contributed by atoms with Crippen LogP contribution in [0.15, 0.2) is 44.7 Å². The summed E-state index contributed by atoms with van der Waals surface area (Å²) in [6.45, 7) is 9.52. The number of fused-ring (bicyclic) bond motifs is 1. The minimum atomic E-state index is -1.70. The summed E-state index contributed by atoms with van der Waals surface area (Å²) < 4.78 is 33.8. The van der Waals surface area contributed by atoms with Crippen molar-refractivity contribution in [1.29, 1.82) is 5.26 Å². The van der Waals surface area contributed by atoms with Gasteiger partial charge < -0.3 is 19.2 Å². The predicted octanol–water partition coefficient (Wildman–Crippen LogP) is 4.27. The molecule has 0 aliphatic rings. The fourth-order valence-electron chi connectivity index (χ4n) is 4.71. The molecule has 1 aromatic carbocycles. The Bertz CT molecular complexity index is 1780. The monoisotopic (exact) mass is 597 g/mol. The van der Waals surface area contributed by atoms with Crippen molar-refractivity contribution in [2.75, 3.05) is 7.11 Å². The number of nitriles is 1. The van der Waals surface area contributed by atoms with Crippen LogP contribution in [0, 0.1) is 24.1 Å². The molecule has 1 unspecified atom stereocenters. The van der Waals surface area contributed by atoms with Gasteiger partial charge in [0.15, 0.2) is 0 Å². The molecule has 0 aliphatic heterocycles. The van der Waals surface area contributed by atoms with E-state index in [-0.39, 0.29) is 23.9 Å². The van der Waals surface area contributed by atoms with Gasteiger partial charge in [-0.1, -0.05) is 0 Å². The van der Waals surface area contributed by atoms with Crippen molar-refractivity contribution in [1.82, 2.24) is 19.4 Å². The molecular weight excluding hydrogens is 565 g/mol. The van der Waals surface area contributed by atoms with Crippen LogP contribution < -0.4 is 21.3 Å². The van der Waals surface area contributed by atoms with Gasteiger partial charge in [0.25, 0.3) is 5.56 Å². The number of nitrogens with zero attached hydrogens (tertiary/aromatic N) is 4. The van der Waals surface area contributed by atoms with Gasteiger partial charge in [-0.05, 0) is 65.3 Å². The number of hydrogen-bond acceptors (Lipinski definition) is 9. The number of carbonyl (C=O) groups is 1. The highest BCUT2D eigenvalue weighted by molar-refractivity contribution is 7.22. The van der Waals surface area contributed by atoms with Crippen LogP contribution in [0.3, 0.4) is 0 Å². The van der Waals surface area contributed by atoms with Gasteiger partial charge in [-0.15, -0.1) is 11.3 Å². The quantitative estimate of drug-likeness (QED) is 0.286. The standard InChI is InChI=1S/C29H32FN5O6S/c1-15(2)41-21(19-12-18(30)8-9-20(19)39-7)14-34-26-22(17(4)23(42-26)24-32-10-11-40-24)25(36)35(28(34)38)29(5,6)27(37)33-16(3)13-31/h8-12,15-16,21H,14H2,1-7H3,(H,33,37)/t16?,21-/m0/s1. The van der Waals surface area contributed by atoms with E-state index in [1.165, 1.54) is 63.1 Å². The Balaban J connectivity index is 2.04. The molecule has 222 valence electrons. The fourth-order valence-corrected chi connectivity index (χ4v) is 5.95. The van der Waals surface area contributed by atoms with E-state index in [0.717, 1.165) is 15.9 Å². The van der Waals surface area contributed by atoms with Crippen molar-refractivity contribution in [3.63, 3.8) is 0 Å². The fraction of sp³-hybridized carbons (Fsp3) is 0.414. The molecule has 1 N–H and O–H groups in total. The van der Waals surface area contributed by atoms with Crippen molar-refractivity contribution in [3.05, 3.63) is 68.4 Å². The summed E-state index contributed by atoms with van der Waals surface area (Å²) in [5, 5.41) is 11.9. The lowest BCUT2D eigenvalue weighted by molar-refractivity contribution is -0.129. The molecule has 3 heterocycles. The van der Waals surface area contributed by atoms with Gasteiger partial charge in [-0.25, -0.2) is 18.7 Å². The third-order valence-corrected chi connectivity index (χ3v) is 8.12. The van der Waals surface area contributed by atoms with Gasteiger partial charge in [0.2, 0.25) is 11.8 Å². The molecule has 0 saturated carbocycles. The van der Waals surface area contributed by atoms with Gasteiger partial charge in [-0.2, -0.15) is 5.26 Å². The molecule has 0 aliphatic carbocycles. The van der Waals surface area contributed by atoms with E-state index in [1.807, 2.05) is 6.07 Å². The Kier molecular flexibility index (Phi) is 8.70. The van der Waals surface area contributed by atoms with E-state index in [1.54, 1.807) is 20.8 Å². The SMILES string of the molecule is COc1ccc(F)cc1[C@H](Cn1c(=O)n(C(C)(C)C(=O)NC(C)C#N)c(=O)c2c(C)c(-c3ncco3)sc21)OC(C)C. The zero-order chi connectivity index (χ0) is 30.9. The first-order valence-electron chi connectivity index (χ1n) is 13.2. The Hall–Kier alpha value is -4.28. The molecule has 42 heavy (non-hydrogen) atoms. The number of hydrogen-bond donors (Lipinski definition) is 1. The number of methoxy groups -OCH3 is 1. The average molecular weight is 598 g/mol. The molecule has 13 heteroatoms. The van der Waals surface area contributed by atoms with Crippen LogP contribution in [-0.2, 0) is 21.6 Å². The predicted molar refractivity (Wildman–Crippen MR) is 155 cm³/mol. The number of benzene rings is 1. The third kappa shape index (κ3) is 5.60. The van der Waals surface area contributed by atoms with Crippen LogP contribution in [0.5, 0.6) is 5.75 Å². The Morgan fingerprint density at radius 2 is 2.00 bits per heavy atom. The van der Waals surface area contributed by atoms with E-state index < -0.39 is 40.7 Å². The zero-order valence-corrected chi connectivity index (χ0v) is 25.2. The molecule has 0 spiro atoms. The molecule has 4 aromatic rings. The van der Waals surface area contributed by atoms with E-state index in [0.29, 0.717) is 26.6 Å². The van der Waals surface area contributed by atoms with Gasteiger partial charge >= 0.3 is 5.69 Å². The highest BCUT2D eigenvalue weighted by Crippen LogP contribution is 2.37. The van der Waals surface area contributed by atoms with E-state index in [2.05, 4.69) is 10.3 Å². The maximum absolute atomic E-state index is 14.5. The third-order valence-electron chi connectivity index (χ3n) is 6.82. The number of aryl methyl sites for hydroxylation is 1. The van der Waals surface area contributed by atoms with E-state index >= 15 is 0 Å². The second kappa shape index (κ2) is 11.9. The number of nitrogens with one attached hydrogen (secondary N) is 1. The summed E-state index contributed by atoms with van der Waals surface area (Å²) in [4.78, 5) is 46.7. The second-order valence-electron chi connectivity index (χ2n) is 10.6. The Labute approximate surface area is 245 Å². The lowest BCUT2D eigenvalue weighted by Gasteiger charge is -2.28. The van der Waals surface area contributed by atoms with E-state index in [4.69, 9.17) is 13.9 Å². The van der Waals surface area contributed by atoms with Gasteiger partial charge in [-0.3, -0.25) is 14.2 Å². The number of ether oxygens (including phenoxy) is 2. The number of amides is 1. The molecule has 2 atom stereocenters. The van der Waals surface area contributed by atoms with Crippen molar-refractivity contribution in [2.45, 2.75) is 71.9 Å². The Morgan fingerprint density at radius 1 is 1.29 bits per heavy atom. The molecule has 3 aromatic heterocycles. The normalized spacial score (nSPS) is 13.2. The lowest BCUT2D eigenvalue weighted by atomic mass is 10.0. The summed E-state index contributed by atoms with van der Waals surface area (Å²) in [6.07, 6.45) is 1.65. The highest BCUT2D eigenvalue weighted by atomic mass is 32.1. The smallest absolute Gasteiger partial charge is 0.333 e. The van der Waals surface area contributed by atoms with Crippen molar-refractivity contribution in [2.24, 2.45) is 0 Å². The number of carbonyl (C=O) groups excluding carboxylic acids is 1.